The molecule has 0 radical (unpaired) electrons. The van der Waals surface area contributed by atoms with Crippen LogP contribution in [0.3, 0.4) is 0 Å². The van der Waals surface area contributed by atoms with E-state index in [-0.39, 0.29) is 12.8 Å². The van der Waals surface area contributed by atoms with Gasteiger partial charge in [-0.1, -0.05) is 0 Å². The van der Waals surface area contributed by atoms with Crippen molar-refractivity contribution in [1.29, 1.82) is 0 Å². The predicted octanol–water partition coefficient (Wildman–Crippen LogP) is 2.38. The van der Waals surface area contributed by atoms with Crippen molar-refractivity contribution >= 4 is 6.09 Å². The number of carbonyl (C=O) groups is 1. The molecule has 110 valence electrons. The first-order chi connectivity index (χ1) is 8.61. The molecule has 0 aromatic rings. The first-order valence-corrected chi connectivity index (χ1v) is 6.72. The van der Waals surface area contributed by atoms with Crippen LogP contribution in [-0.2, 0) is 4.74 Å². The molecule has 1 atom stereocenters. The molecule has 1 unspecified atom stereocenters. The van der Waals surface area contributed by atoms with E-state index in [4.69, 9.17) is 4.74 Å². The number of likely N-dealkylation sites (tertiary alicyclic amines) is 1. The zero-order valence-electron chi connectivity index (χ0n) is 11.8. The fourth-order valence-corrected chi connectivity index (χ4v) is 2.80. The van der Waals surface area contributed by atoms with Crippen LogP contribution in [0.5, 0.6) is 0 Å². The van der Waals surface area contributed by atoms with Crippen molar-refractivity contribution in [3.8, 4) is 0 Å². The van der Waals surface area contributed by atoms with E-state index in [0.717, 1.165) is 0 Å². The van der Waals surface area contributed by atoms with Crippen LogP contribution < -0.4 is 5.32 Å². The largest absolute Gasteiger partial charge is 0.444 e. The third kappa shape index (κ3) is 3.55. The quantitative estimate of drug-likeness (QED) is 0.738. The van der Waals surface area contributed by atoms with Crippen molar-refractivity contribution < 1.29 is 18.3 Å². The number of hydrogen-bond donors (Lipinski definition) is 1. The topological polar surface area (TPSA) is 41.6 Å². The average molecular weight is 276 g/mol. The minimum Gasteiger partial charge on any atom is -0.444 e. The van der Waals surface area contributed by atoms with Crippen LogP contribution in [0.25, 0.3) is 0 Å². The van der Waals surface area contributed by atoms with E-state index in [1.54, 1.807) is 20.8 Å². The summed E-state index contributed by atoms with van der Waals surface area (Å²) < 4.78 is 32.3. The lowest BCUT2D eigenvalue weighted by molar-refractivity contribution is -0.0615. The van der Waals surface area contributed by atoms with E-state index < -0.39 is 23.2 Å². The van der Waals surface area contributed by atoms with Crippen LogP contribution in [0, 0.1) is 0 Å². The number of hydrogen-bond acceptors (Lipinski definition) is 3. The summed E-state index contributed by atoms with van der Waals surface area (Å²) in [4.78, 5) is 13.5. The van der Waals surface area contributed by atoms with Crippen molar-refractivity contribution in [2.24, 2.45) is 0 Å². The summed E-state index contributed by atoms with van der Waals surface area (Å²) in [5.41, 5.74) is -1.20. The summed E-state index contributed by atoms with van der Waals surface area (Å²) in [5.74, 6) is -2.63. The molecule has 4 nitrogen and oxygen atoms in total. The fraction of sp³-hybridized carbons (Fsp3) is 0.923. The van der Waals surface area contributed by atoms with Gasteiger partial charge in [0, 0.05) is 38.0 Å². The van der Waals surface area contributed by atoms with Gasteiger partial charge in [0.1, 0.15) is 5.60 Å². The van der Waals surface area contributed by atoms with Crippen molar-refractivity contribution in [2.75, 3.05) is 19.6 Å². The monoisotopic (exact) mass is 276 g/mol. The highest BCUT2D eigenvalue weighted by atomic mass is 19.3. The number of rotatable bonds is 0. The van der Waals surface area contributed by atoms with E-state index in [9.17, 15) is 13.6 Å². The molecule has 0 bridgehead atoms. The zero-order valence-corrected chi connectivity index (χ0v) is 11.8. The Morgan fingerprint density at radius 1 is 1.32 bits per heavy atom. The van der Waals surface area contributed by atoms with Gasteiger partial charge in [0.25, 0.3) is 5.92 Å². The molecule has 2 aliphatic rings. The average Bonchev–Trinajstić information content (AvgIpc) is 2.57. The molecule has 1 N–H and O–H groups in total. The number of amides is 1. The molecule has 6 heteroatoms. The summed E-state index contributed by atoms with van der Waals surface area (Å²) in [6.07, 6.45) is -0.178. The SMILES string of the molecule is CC(C)(C)OC(=O)N1CCC2(C1)CC(F)(F)CCN2. The summed E-state index contributed by atoms with van der Waals surface area (Å²) in [7, 11) is 0. The Labute approximate surface area is 112 Å². The summed E-state index contributed by atoms with van der Waals surface area (Å²) in [6, 6.07) is 0. The molecule has 2 heterocycles. The normalized spacial score (nSPS) is 30.7. The van der Waals surface area contributed by atoms with E-state index in [1.165, 1.54) is 4.90 Å². The smallest absolute Gasteiger partial charge is 0.410 e. The lowest BCUT2D eigenvalue weighted by Gasteiger charge is -2.38. The number of nitrogens with one attached hydrogen (secondary N) is 1. The highest BCUT2D eigenvalue weighted by Gasteiger charge is 2.50. The van der Waals surface area contributed by atoms with Crippen molar-refractivity contribution in [3.05, 3.63) is 0 Å². The second-order valence-corrected chi connectivity index (χ2v) is 6.64. The molecule has 19 heavy (non-hydrogen) atoms. The number of nitrogens with zero attached hydrogens (tertiary/aromatic N) is 1. The Kier molecular flexibility index (Phi) is 3.49. The number of halogens is 2. The lowest BCUT2D eigenvalue weighted by atomic mass is 9.86. The maximum Gasteiger partial charge on any atom is 0.410 e. The van der Waals surface area contributed by atoms with E-state index in [0.29, 0.717) is 26.1 Å². The Morgan fingerprint density at radius 2 is 2.00 bits per heavy atom. The lowest BCUT2D eigenvalue weighted by Crippen LogP contribution is -2.56. The van der Waals surface area contributed by atoms with Crippen LogP contribution in [-0.4, -0.2) is 47.7 Å². The predicted molar refractivity (Wildman–Crippen MR) is 67.3 cm³/mol. The van der Waals surface area contributed by atoms with Crippen LogP contribution in [0.15, 0.2) is 0 Å². The fourth-order valence-electron chi connectivity index (χ4n) is 2.80. The summed E-state index contributed by atoms with van der Waals surface area (Å²) in [6.45, 7) is 6.46. The molecule has 2 aliphatic heterocycles. The molecular weight excluding hydrogens is 254 g/mol. The number of ether oxygens (including phenoxy) is 1. The van der Waals surface area contributed by atoms with E-state index >= 15 is 0 Å². The second-order valence-electron chi connectivity index (χ2n) is 6.64. The second kappa shape index (κ2) is 4.58. The van der Waals surface area contributed by atoms with E-state index in [2.05, 4.69) is 5.32 Å². The van der Waals surface area contributed by atoms with Gasteiger partial charge in [0.15, 0.2) is 0 Å². The van der Waals surface area contributed by atoms with Crippen molar-refractivity contribution in [3.63, 3.8) is 0 Å². The Balaban J connectivity index is 1.98. The minimum absolute atomic E-state index is 0.124. The first kappa shape index (κ1) is 14.5. The standard InChI is InChI=1S/C13H22F2N2O2/c1-11(2,3)19-10(18)17-7-5-12(9-17)8-13(14,15)4-6-16-12/h16H,4-9H2,1-3H3. The maximum atomic E-state index is 13.5. The molecule has 0 aromatic heterocycles. The van der Waals surface area contributed by atoms with E-state index in [1.807, 2.05) is 0 Å². The third-order valence-electron chi connectivity index (χ3n) is 3.59. The zero-order chi connectivity index (χ0) is 14.3. The molecule has 1 amide bonds. The molecule has 0 aliphatic carbocycles. The van der Waals surface area contributed by atoms with Gasteiger partial charge in [-0.2, -0.15) is 0 Å². The van der Waals surface area contributed by atoms with Crippen molar-refractivity contribution in [2.45, 2.75) is 57.1 Å². The Bertz CT molecular complexity index is 368. The van der Waals surface area contributed by atoms with Gasteiger partial charge in [-0.25, -0.2) is 13.6 Å². The van der Waals surface area contributed by atoms with Crippen LogP contribution in [0.1, 0.15) is 40.0 Å². The molecule has 2 saturated heterocycles. The Hall–Kier alpha value is -0.910. The third-order valence-corrected chi connectivity index (χ3v) is 3.59. The molecule has 0 aromatic carbocycles. The van der Waals surface area contributed by atoms with Crippen molar-refractivity contribution in [1.82, 2.24) is 10.2 Å². The highest BCUT2D eigenvalue weighted by molar-refractivity contribution is 5.68. The molecule has 0 saturated carbocycles. The first-order valence-electron chi connectivity index (χ1n) is 6.72. The summed E-state index contributed by atoms with van der Waals surface area (Å²) >= 11 is 0. The summed E-state index contributed by atoms with van der Waals surface area (Å²) in [5, 5.41) is 3.17. The molecule has 2 rings (SSSR count). The maximum absolute atomic E-state index is 13.5. The van der Waals surface area contributed by atoms with Crippen LogP contribution in [0.2, 0.25) is 0 Å². The molecule has 1 spiro atoms. The van der Waals surface area contributed by atoms with Gasteiger partial charge >= 0.3 is 6.09 Å². The van der Waals surface area contributed by atoms with Crippen LogP contribution >= 0.6 is 0 Å². The highest BCUT2D eigenvalue weighted by Crippen LogP contribution is 2.38. The molecule has 2 fully saturated rings. The van der Waals surface area contributed by atoms with Gasteiger partial charge in [0.2, 0.25) is 0 Å². The molecular formula is C13H22F2N2O2. The van der Waals surface area contributed by atoms with Gasteiger partial charge < -0.3 is 15.0 Å². The van der Waals surface area contributed by atoms with Gasteiger partial charge in [-0.05, 0) is 27.2 Å². The number of alkyl halides is 2. The van der Waals surface area contributed by atoms with Gasteiger partial charge in [-0.15, -0.1) is 0 Å². The van der Waals surface area contributed by atoms with Gasteiger partial charge in [-0.3, -0.25) is 0 Å². The number of piperidine rings is 1. The number of carbonyl (C=O) groups excluding carboxylic acids is 1. The van der Waals surface area contributed by atoms with Crippen LogP contribution in [0.4, 0.5) is 13.6 Å². The minimum atomic E-state index is -2.63. The Morgan fingerprint density at radius 3 is 2.58 bits per heavy atom. The van der Waals surface area contributed by atoms with Gasteiger partial charge in [0.05, 0.1) is 0 Å².